The van der Waals surface area contributed by atoms with Gasteiger partial charge in [0.25, 0.3) is 0 Å². The second kappa shape index (κ2) is 10.6. The van der Waals surface area contributed by atoms with Crippen molar-refractivity contribution >= 4 is 0 Å². The number of ether oxygens (including phenoxy) is 2. The molecule has 3 rings (SSSR count). The van der Waals surface area contributed by atoms with Crippen LogP contribution in [0, 0.1) is 5.92 Å². The first-order valence-electron chi connectivity index (χ1n) is 9.15. The highest BCUT2D eigenvalue weighted by Crippen LogP contribution is 2.32. The van der Waals surface area contributed by atoms with Gasteiger partial charge >= 0.3 is 6.01 Å². The van der Waals surface area contributed by atoms with E-state index in [-0.39, 0.29) is 18.4 Å². The summed E-state index contributed by atoms with van der Waals surface area (Å²) in [5, 5.41) is 15.2. The Morgan fingerprint density at radius 1 is 1.07 bits per heavy atom. The van der Waals surface area contributed by atoms with Crippen molar-refractivity contribution in [2.75, 3.05) is 13.2 Å². The third-order valence-electron chi connectivity index (χ3n) is 3.83. The van der Waals surface area contributed by atoms with Gasteiger partial charge in [0.05, 0.1) is 12.3 Å². The Kier molecular flexibility index (Phi) is 8.22. The molecule has 0 unspecified atom stereocenters. The van der Waals surface area contributed by atoms with Crippen LogP contribution in [-0.2, 0) is 6.54 Å². The average Bonchev–Trinajstić information content (AvgIpc) is 3.12. The monoisotopic (exact) mass is 402 g/mol. The first-order chi connectivity index (χ1) is 13.2. The van der Waals surface area contributed by atoms with Crippen molar-refractivity contribution in [3.63, 3.8) is 0 Å². The lowest BCUT2D eigenvalue weighted by atomic mass is 10.2. The van der Waals surface area contributed by atoms with Gasteiger partial charge in [-0.15, -0.1) is 0 Å². The van der Waals surface area contributed by atoms with Crippen LogP contribution in [0.1, 0.15) is 26.3 Å². The number of aromatic nitrogens is 4. The van der Waals surface area contributed by atoms with E-state index in [2.05, 4.69) is 34.7 Å². The van der Waals surface area contributed by atoms with E-state index in [1.165, 1.54) is 0 Å². The minimum absolute atomic E-state index is 0. The lowest BCUT2D eigenvalue weighted by Gasteiger charge is -2.13. The van der Waals surface area contributed by atoms with E-state index in [9.17, 15) is 0 Å². The number of hydrogen-bond donors (Lipinski definition) is 1. The lowest BCUT2D eigenvalue weighted by molar-refractivity contribution is -0.00000690. The van der Waals surface area contributed by atoms with Gasteiger partial charge in [-0.1, -0.05) is 43.2 Å². The predicted molar refractivity (Wildman–Crippen MR) is 103 cm³/mol. The summed E-state index contributed by atoms with van der Waals surface area (Å²) < 4.78 is 13.3. The highest BCUT2D eigenvalue weighted by molar-refractivity contribution is 5.44. The number of para-hydroxylation sites is 1. The molecule has 0 bridgehead atoms. The summed E-state index contributed by atoms with van der Waals surface area (Å²) >= 11 is 0. The van der Waals surface area contributed by atoms with Crippen molar-refractivity contribution in [2.24, 2.45) is 5.92 Å². The Balaban J connectivity index is 0.00000280. The smallest absolute Gasteiger partial charge is 0.346 e. The SMILES string of the molecule is CCOc1cc(CNCC(C)C)ccc1Oc1nnnn1-c1ccccc1.[Cl-]. The first-order valence-corrected chi connectivity index (χ1v) is 9.15. The molecule has 0 saturated heterocycles. The second-order valence-corrected chi connectivity index (χ2v) is 6.55. The fourth-order valence-electron chi connectivity index (χ4n) is 2.59. The van der Waals surface area contributed by atoms with Gasteiger partial charge < -0.3 is 27.2 Å². The predicted octanol–water partition coefficient (Wildman–Crippen LogP) is 0.603. The molecule has 7 nitrogen and oxygen atoms in total. The molecule has 0 aliphatic heterocycles. The fraction of sp³-hybridized carbons (Fsp3) is 0.350. The Labute approximate surface area is 171 Å². The molecule has 0 aliphatic carbocycles. The number of hydrogen-bond acceptors (Lipinski definition) is 6. The van der Waals surface area contributed by atoms with Gasteiger partial charge in [-0.2, -0.15) is 4.68 Å². The standard InChI is InChI=1S/C20H25N5O2.ClH/c1-4-26-19-12-16(14-21-13-15(2)3)10-11-18(19)27-20-22-23-24-25(20)17-8-6-5-7-9-17;/h5-12,15,21H,4,13-14H2,1-3H3;1H/p-1. The van der Waals surface area contributed by atoms with Crippen molar-refractivity contribution in [3.05, 3.63) is 54.1 Å². The van der Waals surface area contributed by atoms with E-state index in [0.717, 1.165) is 24.3 Å². The molecule has 1 heterocycles. The molecule has 28 heavy (non-hydrogen) atoms. The number of nitrogens with zero attached hydrogens (tertiary/aromatic N) is 4. The molecule has 0 atom stereocenters. The van der Waals surface area contributed by atoms with Crippen LogP contribution < -0.4 is 27.2 Å². The summed E-state index contributed by atoms with van der Waals surface area (Å²) in [6.45, 7) is 8.61. The molecule has 0 fully saturated rings. The van der Waals surface area contributed by atoms with E-state index in [1.807, 2.05) is 55.5 Å². The zero-order chi connectivity index (χ0) is 19.1. The molecule has 0 aliphatic rings. The molecule has 2 aromatic carbocycles. The maximum Gasteiger partial charge on any atom is 0.346 e. The van der Waals surface area contributed by atoms with Crippen LogP contribution in [0.25, 0.3) is 5.69 Å². The van der Waals surface area contributed by atoms with Crippen molar-refractivity contribution in [3.8, 4) is 23.2 Å². The zero-order valence-corrected chi connectivity index (χ0v) is 17.1. The van der Waals surface area contributed by atoms with Crippen LogP contribution in [0.2, 0.25) is 0 Å². The van der Waals surface area contributed by atoms with Crippen molar-refractivity contribution in [1.29, 1.82) is 0 Å². The molecule has 3 aromatic rings. The minimum atomic E-state index is 0. The average molecular weight is 403 g/mol. The zero-order valence-electron chi connectivity index (χ0n) is 16.3. The molecule has 0 radical (unpaired) electrons. The van der Waals surface area contributed by atoms with Gasteiger partial charge in [-0.3, -0.25) is 0 Å². The van der Waals surface area contributed by atoms with Gasteiger partial charge in [-0.25, -0.2) is 0 Å². The third kappa shape index (κ3) is 5.68. The van der Waals surface area contributed by atoms with Gasteiger partial charge in [0.15, 0.2) is 11.5 Å². The number of nitrogens with one attached hydrogen (secondary N) is 1. The van der Waals surface area contributed by atoms with E-state index in [0.29, 0.717) is 24.0 Å². The first kappa shape index (κ1) is 21.7. The Hall–Kier alpha value is -2.64. The summed E-state index contributed by atoms with van der Waals surface area (Å²) in [4.78, 5) is 0. The van der Waals surface area contributed by atoms with Crippen LogP contribution in [-0.4, -0.2) is 33.4 Å². The van der Waals surface area contributed by atoms with E-state index >= 15 is 0 Å². The molecule has 1 aromatic heterocycles. The summed E-state index contributed by atoms with van der Waals surface area (Å²) in [6.07, 6.45) is 0. The molecular formula is C20H25ClN5O2-. The number of benzene rings is 2. The molecule has 1 N–H and O–H groups in total. The molecule has 0 amide bonds. The molecule has 8 heteroatoms. The Morgan fingerprint density at radius 2 is 1.86 bits per heavy atom. The van der Waals surface area contributed by atoms with E-state index in [4.69, 9.17) is 9.47 Å². The number of rotatable bonds is 9. The normalized spacial score (nSPS) is 10.6. The summed E-state index contributed by atoms with van der Waals surface area (Å²) in [7, 11) is 0. The largest absolute Gasteiger partial charge is 1.00 e. The van der Waals surface area contributed by atoms with Crippen LogP contribution in [0.4, 0.5) is 0 Å². The lowest BCUT2D eigenvalue weighted by Crippen LogP contribution is -3.00. The van der Waals surface area contributed by atoms with Crippen LogP contribution >= 0.6 is 0 Å². The van der Waals surface area contributed by atoms with Crippen LogP contribution in [0.15, 0.2) is 48.5 Å². The van der Waals surface area contributed by atoms with Crippen molar-refractivity contribution in [2.45, 2.75) is 27.3 Å². The van der Waals surface area contributed by atoms with E-state index < -0.39 is 0 Å². The summed E-state index contributed by atoms with van der Waals surface area (Å²) in [6, 6.07) is 15.8. The van der Waals surface area contributed by atoms with Crippen molar-refractivity contribution < 1.29 is 21.9 Å². The van der Waals surface area contributed by atoms with Gasteiger partial charge in [0.1, 0.15) is 0 Å². The summed E-state index contributed by atoms with van der Waals surface area (Å²) in [5.74, 6) is 1.86. The maximum absolute atomic E-state index is 5.97. The van der Waals surface area contributed by atoms with Gasteiger partial charge in [0.2, 0.25) is 0 Å². The quantitative estimate of drug-likeness (QED) is 0.565. The minimum Gasteiger partial charge on any atom is -1.00 e. The number of tetrazole rings is 1. The molecule has 0 saturated carbocycles. The maximum atomic E-state index is 5.97. The van der Waals surface area contributed by atoms with E-state index in [1.54, 1.807) is 4.68 Å². The second-order valence-electron chi connectivity index (χ2n) is 6.55. The Bertz CT molecular complexity index is 855. The number of halogens is 1. The highest BCUT2D eigenvalue weighted by atomic mass is 35.5. The Morgan fingerprint density at radius 3 is 2.57 bits per heavy atom. The van der Waals surface area contributed by atoms with Crippen LogP contribution in [0.5, 0.6) is 17.5 Å². The van der Waals surface area contributed by atoms with Gasteiger partial charge in [-0.05, 0) is 59.6 Å². The van der Waals surface area contributed by atoms with Gasteiger partial charge in [0, 0.05) is 6.54 Å². The van der Waals surface area contributed by atoms with Crippen LogP contribution in [0.3, 0.4) is 0 Å². The summed E-state index contributed by atoms with van der Waals surface area (Å²) in [5.41, 5.74) is 1.96. The topological polar surface area (TPSA) is 74.1 Å². The third-order valence-corrected chi connectivity index (χ3v) is 3.83. The molecular weight excluding hydrogens is 378 g/mol. The van der Waals surface area contributed by atoms with Crippen molar-refractivity contribution in [1.82, 2.24) is 25.5 Å². The molecule has 150 valence electrons. The molecule has 0 spiro atoms. The fourth-order valence-corrected chi connectivity index (χ4v) is 2.59. The highest BCUT2D eigenvalue weighted by Gasteiger charge is 2.14.